The molecule has 0 bridgehead atoms. The highest BCUT2D eigenvalue weighted by molar-refractivity contribution is 6.29. The average molecular weight is 227 g/mol. The second-order valence-electron chi connectivity index (χ2n) is 3.90. The molecule has 0 aromatic carbocycles. The van der Waals surface area contributed by atoms with Crippen LogP contribution < -0.4 is 0 Å². The summed E-state index contributed by atoms with van der Waals surface area (Å²) in [6, 6.07) is 5.96. The van der Waals surface area contributed by atoms with Crippen molar-refractivity contribution in [1.29, 1.82) is 0 Å². The summed E-state index contributed by atoms with van der Waals surface area (Å²) < 4.78 is 0. The molecule has 15 heavy (non-hydrogen) atoms. The lowest BCUT2D eigenvalue weighted by Gasteiger charge is -2.21. The van der Waals surface area contributed by atoms with Gasteiger partial charge in [-0.3, -0.25) is 4.90 Å². The smallest absolute Gasteiger partial charge is 0.129 e. The maximum atomic E-state index is 9.18. The zero-order valence-corrected chi connectivity index (χ0v) is 9.32. The van der Waals surface area contributed by atoms with Crippen molar-refractivity contribution in [1.82, 2.24) is 9.88 Å². The predicted octanol–water partition coefficient (Wildman–Crippen LogP) is 1.69. The minimum atomic E-state index is 0.237. The first kappa shape index (κ1) is 10.9. The van der Waals surface area contributed by atoms with E-state index in [2.05, 4.69) is 9.88 Å². The highest BCUT2D eigenvalue weighted by Crippen LogP contribution is 2.19. The minimum absolute atomic E-state index is 0.237. The van der Waals surface area contributed by atoms with E-state index in [0.29, 0.717) is 11.2 Å². The number of rotatable bonds is 3. The largest absolute Gasteiger partial charge is 0.395 e. The van der Waals surface area contributed by atoms with E-state index in [-0.39, 0.29) is 6.61 Å². The first-order valence-corrected chi connectivity index (χ1v) is 5.64. The second kappa shape index (κ2) is 4.92. The Kier molecular flexibility index (Phi) is 3.57. The standard InChI is InChI=1S/C11H15ClN2O/c12-11-5-1-3-9(13-11)7-14-6-2-4-10(14)8-15/h1,3,5,10,15H,2,4,6-8H2/t10-/m1/s1. The van der Waals surface area contributed by atoms with Gasteiger partial charge in [0.25, 0.3) is 0 Å². The molecule has 1 fully saturated rings. The third kappa shape index (κ3) is 2.68. The van der Waals surface area contributed by atoms with Crippen LogP contribution in [0.15, 0.2) is 18.2 Å². The van der Waals surface area contributed by atoms with E-state index in [1.807, 2.05) is 12.1 Å². The Bertz CT molecular complexity index is 332. The lowest BCUT2D eigenvalue weighted by molar-refractivity contribution is 0.152. The van der Waals surface area contributed by atoms with E-state index < -0.39 is 0 Å². The van der Waals surface area contributed by atoms with Crippen LogP contribution in [0.5, 0.6) is 0 Å². The summed E-state index contributed by atoms with van der Waals surface area (Å²) in [4.78, 5) is 6.51. The monoisotopic (exact) mass is 226 g/mol. The second-order valence-corrected chi connectivity index (χ2v) is 4.29. The van der Waals surface area contributed by atoms with Crippen molar-refractivity contribution < 1.29 is 5.11 Å². The zero-order chi connectivity index (χ0) is 10.7. The Labute approximate surface area is 94.7 Å². The van der Waals surface area contributed by atoms with Gasteiger partial charge >= 0.3 is 0 Å². The van der Waals surface area contributed by atoms with E-state index in [1.165, 1.54) is 0 Å². The van der Waals surface area contributed by atoms with Crippen molar-refractivity contribution >= 4 is 11.6 Å². The van der Waals surface area contributed by atoms with Crippen LogP contribution >= 0.6 is 11.6 Å². The normalized spacial score (nSPS) is 22.1. The van der Waals surface area contributed by atoms with Gasteiger partial charge in [-0.15, -0.1) is 0 Å². The Morgan fingerprint density at radius 2 is 2.40 bits per heavy atom. The molecule has 1 aliphatic rings. The lowest BCUT2D eigenvalue weighted by atomic mass is 10.2. The number of halogens is 1. The Hall–Kier alpha value is -0.640. The summed E-state index contributed by atoms with van der Waals surface area (Å²) in [5.41, 5.74) is 0.975. The molecule has 1 aromatic rings. The summed E-state index contributed by atoms with van der Waals surface area (Å²) in [5, 5.41) is 9.72. The molecule has 4 heteroatoms. The summed E-state index contributed by atoms with van der Waals surface area (Å²) in [6.07, 6.45) is 2.24. The van der Waals surface area contributed by atoms with Crippen LogP contribution in [0.4, 0.5) is 0 Å². The van der Waals surface area contributed by atoms with Crippen LogP contribution in [0.25, 0.3) is 0 Å². The molecule has 1 atom stereocenters. The molecule has 0 amide bonds. The molecular weight excluding hydrogens is 212 g/mol. The summed E-state index contributed by atoms with van der Waals surface area (Å²) >= 11 is 5.82. The van der Waals surface area contributed by atoms with Crippen LogP contribution in [0.2, 0.25) is 5.15 Å². The Balaban J connectivity index is 2.02. The Morgan fingerprint density at radius 3 is 3.13 bits per heavy atom. The van der Waals surface area contributed by atoms with Crippen molar-refractivity contribution in [2.45, 2.75) is 25.4 Å². The molecular formula is C11H15ClN2O. The summed E-state index contributed by atoms with van der Waals surface area (Å²) in [7, 11) is 0. The fraction of sp³-hybridized carbons (Fsp3) is 0.545. The molecule has 0 aliphatic carbocycles. The first-order chi connectivity index (χ1) is 7.29. The van der Waals surface area contributed by atoms with Crippen LogP contribution in [0, 0.1) is 0 Å². The molecule has 0 radical (unpaired) electrons. The molecule has 0 spiro atoms. The number of hydrogen-bond donors (Lipinski definition) is 1. The Morgan fingerprint density at radius 1 is 1.53 bits per heavy atom. The van der Waals surface area contributed by atoms with Gasteiger partial charge in [-0.25, -0.2) is 4.98 Å². The van der Waals surface area contributed by atoms with Gasteiger partial charge in [0.05, 0.1) is 12.3 Å². The predicted molar refractivity (Wildman–Crippen MR) is 59.8 cm³/mol. The van der Waals surface area contributed by atoms with Gasteiger partial charge in [0, 0.05) is 12.6 Å². The topological polar surface area (TPSA) is 36.4 Å². The van der Waals surface area contributed by atoms with Gasteiger partial charge in [-0.05, 0) is 31.5 Å². The van der Waals surface area contributed by atoms with E-state index in [1.54, 1.807) is 6.07 Å². The highest BCUT2D eigenvalue weighted by atomic mass is 35.5. The number of pyridine rings is 1. The maximum Gasteiger partial charge on any atom is 0.129 e. The van der Waals surface area contributed by atoms with Gasteiger partial charge in [0.1, 0.15) is 5.15 Å². The lowest BCUT2D eigenvalue weighted by Crippen LogP contribution is -2.31. The van der Waals surface area contributed by atoms with Crippen molar-refractivity contribution in [3.63, 3.8) is 0 Å². The van der Waals surface area contributed by atoms with Gasteiger partial charge < -0.3 is 5.11 Å². The van der Waals surface area contributed by atoms with E-state index in [0.717, 1.165) is 31.6 Å². The fourth-order valence-corrected chi connectivity index (χ4v) is 2.24. The van der Waals surface area contributed by atoms with Gasteiger partial charge in [-0.2, -0.15) is 0 Å². The van der Waals surface area contributed by atoms with Crippen molar-refractivity contribution in [3.05, 3.63) is 29.0 Å². The number of hydrogen-bond acceptors (Lipinski definition) is 3. The molecule has 1 saturated heterocycles. The number of aromatic nitrogens is 1. The summed E-state index contributed by atoms with van der Waals surface area (Å²) in [5.74, 6) is 0. The average Bonchev–Trinajstić information content (AvgIpc) is 2.65. The molecule has 3 nitrogen and oxygen atoms in total. The third-order valence-electron chi connectivity index (χ3n) is 2.85. The van der Waals surface area contributed by atoms with Gasteiger partial charge in [0.15, 0.2) is 0 Å². The van der Waals surface area contributed by atoms with Crippen molar-refractivity contribution in [2.24, 2.45) is 0 Å². The van der Waals surface area contributed by atoms with Crippen LogP contribution in [-0.4, -0.2) is 34.2 Å². The molecule has 1 aromatic heterocycles. The molecule has 0 saturated carbocycles. The number of aliphatic hydroxyl groups excluding tert-OH is 1. The summed E-state index contributed by atoms with van der Waals surface area (Å²) in [6.45, 7) is 2.06. The highest BCUT2D eigenvalue weighted by Gasteiger charge is 2.23. The van der Waals surface area contributed by atoms with Crippen molar-refractivity contribution in [3.8, 4) is 0 Å². The number of aliphatic hydroxyl groups is 1. The zero-order valence-electron chi connectivity index (χ0n) is 8.56. The van der Waals surface area contributed by atoms with E-state index >= 15 is 0 Å². The molecule has 1 N–H and O–H groups in total. The first-order valence-electron chi connectivity index (χ1n) is 5.26. The molecule has 2 heterocycles. The molecule has 1 aliphatic heterocycles. The molecule has 2 rings (SSSR count). The van der Waals surface area contributed by atoms with E-state index in [4.69, 9.17) is 11.6 Å². The van der Waals surface area contributed by atoms with Gasteiger partial charge in [-0.1, -0.05) is 17.7 Å². The van der Waals surface area contributed by atoms with Crippen LogP contribution in [0.1, 0.15) is 18.5 Å². The van der Waals surface area contributed by atoms with Crippen molar-refractivity contribution in [2.75, 3.05) is 13.2 Å². The molecule has 82 valence electrons. The van der Waals surface area contributed by atoms with Gasteiger partial charge in [0.2, 0.25) is 0 Å². The van der Waals surface area contributed by atoms with Crippen LogP contribution in [0.3, 0.4) is 0 Å². The minimum Gasteiger partial charge on any atom is -0.395 e. The third-order valence-corrected chi connectivity index (χ3v) is 3.06. The number of nitrogens with zero attached hydrogens (tertiary/aromatic N) is 2. The molecule has 0 unspecified atom stereocenters. The SMILES string of the molecule is OC[C@H]1CCCN1Cc1cccc(Cl)n1. The van der Waals surface area contributed by atoms with E-state index in [9.17, 15) is 5.11 Å². The quantitative estimate of drug-likeness (QED) is 0.797. The fourth-order valence-electron chi connectivity index (χ4n) is 2.06. The number of likely N-dealkylation sites (tertiary alicyclic amines) is 1. The maximum absolute atomic E-state index is 9.18. The van der Waals surface area contributed by atoms with Crippen LogP contribution in [-0.2, 0) is 6.54 Å².